The first kappa shape index (κ1) is 19.2. The Morgan fingerprint density at radius 2 is 2.09 bits per heavy atom. The van der Waals surface area contributed by atoms with Crippen molar-refractivity contribution in [3.63, 3.8) is 0 Å². The number of aromatic nitrogens is 4. The van der Waals surface area contributed by atoms with E-state index in [9.17, 15) is 4.79 Å². The van der Waals surface area contributed by atoms with Crippen molar-refractivity contribution in [1.82, 2.24) is 25.0 Å². The van der Waals surface area contributed by atoms with Crippen LogP contribution in [-0.4, -0.2) is 57.2 Å². The maximum atomic E-state index is 12.2. The topological polar surface area (TPSA) is 103 Å². The van der Waals surface area contributed by atoms with E-state index in [2.05, 4.69) is 41.3 Å². The number of anilines is 2. The Morgan fingerprint density at radius 3 is 2.94 bits per heavy atom. The van der Waals surface area contributed by atoms with Crippen LogP contribution >= 0.6 is 0 Å². The van der Waals surface area contributed by atoms with E-state index in [1.54, 1.807) is 0 Å². The predicted octanol–water partition coefficient (Wildman–Crippen LogP) is 2.53. The molecule has 2 N–H and O–H groups in total. The SMILES string of the molecule is CCc1cc2ncc(CN3CCN(c4cnc5c(NC)noc5c4)[C@@H]4C[C@@H]43)cc2[nH]c1=O. The summed E-state index contributed by atoms with van der Waals surface area (Å²) < 4.78 is 5.43. The third-order valence-electron chi connectivity index (χ3n) is 6.68. The number of aromatic amines is 1. The van der Waals surface area contributed by atoms with E-state index < -0.39 is 0 Å². The number of pyridine rings is 3. The highest BCUT2D eigenvalue weighted by atomic mass is 16.5. The molecule has 0 aromatic carbocycles. The Kier molecular flexibility index (Phi) is 4.39. The second kappa shape index (κ2) is 7.30. The Balaban J connectivity index is 1.18. The predicted molar refractivity (Wildman–Crippen MR) is 123 cm³/mol. The number of nitrogens with one attached hydrogen (secondary N) is 2. The molecule has 9 nitrogen and oxygen atoms in total. The van der Waals surface area contributed by atoms with Crippen LogP contribution in [0.25, 0.3) is 22.1 Å². The van der Waals surface area contributed by atoms with Gasteiger partial charge in [-0.3, -0.25) is 14.7 Å². The molecule has 1 saturated heterocycles. The molecule has 32 heavy (non-hydrogen) atoms. The van der Waals surface area contributed by atoms with E-state index in [1.807, 2.05) is 38.5 Å². The van der Waals surface area contributed by atoms with Crippen molar-refractivity contribution in [3.05, 3.63) is 52.1 Å². The molecule has 6 rings (SSSR count). The molecular formula is C23H25N7O2. The van der Waals surface area contributed by atoms with E-state index in [-0.39, 0.29) is 5.56 Å². The number of hydrogen-bond acceptors (Lipinski definition) is 8. The third-order valence-corrected chi connectivity index (χ3v) is 6.68. The van der Waals surface area contributed by atoms with Crippen LogP contribution in [0.1, 0.15) is 24.5 Å². The minimum absolute atomic E-state index is 0.0194. The number of H-pyrrole nitrogens is 1. The Morgan fingerprint density at radius 1 is 1.19 bits per heavy atom. The van der Waals surface area contributed by atoms with E-state index >= 15 is 0 Å². The molecule has 2 atom stereocenters. The molecular weight excluding hydrogens is 406 g/mol. The van der Waals surface area contributed by atoms with Gasteiger partial charge in [-0.15, -0.1) is 0 Å². The van der Waals surface area contributed by atoms with E-state index in [0.717, 1.165) is 59.4 Å². The largest absolute Gasteiger partial charge is 0.369 e. The fourth-order valence-corrected chi connectivity index (χ4v) is 4.87. The average Bonchev–Trinajstić information content (AvgIpc) is 3.51. The molecule has 0 amide bonds. The molecule has 2 aliphatic rings. The molecule has 164 valence electrons. The molecule has 1 saturated carbocycles. The van der Waals surface area contributed by atoms with Gasteiger partial charge in [-0.25, -0.2) is 4.98 Å². The zero-order valence-electron chi connectivity index (χ0n) is 18.1. The van der Waals surface area contributed by atoms with Crippen molar-refractivity contribution in [2.24, 2.45) is 0 Å². The number of hydrogen-bond donors (Lipinski definition) is 2. The third kappa shape index (κ3) is 3.12. The molecule has 0 spiro atoms. The monoisotopic (exact) mass is 431 g/mol. The van der Waals surface area contributed by atoms with Crippen molar-refractivity contribution in [2.45, 2.75) is 38.4 Å². The number of aryl methyl sites for hydroxylation is 1. The summed E-state index contributed by atoms with van der Waals surface area (Å²) in [4.78, 5) is 29.3. The van der Waals surface area contributed by atoms with Crippen LogP contribution in [0.3, 0.4) is 0 Å². The normalized spacial score (nSPS) is 20.6. The molecule has 4 aromatic rings. The van der Waals surface area contributed by atoms with E-state index in [4.69, 9.17) is 4.52 Å². The van der Waals surface area contributed by atoms with Crippen molar-refractivity contribution in [2.75, 3.05) is 30.4 Å². The first-order chi connectivity index (χ1) is 15.6. The minimum Gasteiger partial charge on any atom is -0.369 e. The van der Waals surface area contributed by atoms with Crippen molar-refractivity contribution in [1.29, 1.82) is 0 Å². The highest BCUT2D eigenvalue weighted by molar-refractivity contribution is 5.86. The summed E-state index contributed by atoms with van der Waals surface area (Å²) in [6.45, 7) is 4.70. The summed E-state index contributed by atoms with van der Waals surface area (Å²) in [5.41, 5.74) is 6.08. The minimum atomic E-state index is -0.0194. The number of nitrogens with zero attached hydrogens (tertiary/aromatic N) is 5. The van der Waals surface area contributed by atoms with Gasteiger partial charge in [-0.2, -0.15) is 0 Å². The van der Waals surface area contributed by atoms with Gasteiger partial charge in [0.2, 0.25) is 0 Å². The van der Waals surface area contributed by atoms with Gasteiger partial charge >= 0.3 is 0 Å². The first-order valence-electron chi connectivity index (χ1n) is 11.1. The fourth-order valence-electron chi connectivity index (χ4n) is 4.87. The lowest BCUT2D eigenvalue weighted by Crippen LogP contribution is -2.46. The van der Waals surface area contributed by atoms with Crippen LogP contribution in [-0.2, 0) is 13.0 Å². The molecule has 0 bridgehead atoms. The number of piperazine rings is 1. The summed E-state index contributed by atoms with van der Waals surface area (Å²) in [5, 5.41) is 7.02. The number of rotatable bonds is 5. The van der Waals surface area contributed by atoms with Gasteiger partial charge in [0, 0.05) is 56.6 Å². The zero-order valence-corrected chi connectivity index (χ0v) is 18.1. The van der Waals surface area contributed by atoms with Gasteiger partial charge in [0.1, 0.15) is 0 Å². The average molecular weight is 432 g/mol. The number of fused-ring (bicyclic) bond motifs is 3. The lowest BCUT2D eigenvalue weighted by Gasteiger charge is -2.35. The Bertz CT molecular complexity index is 1380. The highest BCUT2D eigenvalue weighted by Gasteiger charge is 2.49. The summed E-state index contributed by atoms with van der Waals surface area (Å²) in [5.74, 6) is 0.664. The molecule has 0 unspecified atom stereocenters. The van der Waals surface area contributed by atoms with Crippen molar-refractivity contribution in [3.8, 4) is 0 Å². The summed E-state index contributed by atoms with van der Waals surface area (Å²) >= 11 is 0. The van der Waals surface area contributed by atoms with Gasteiger partial charge in [-0.05, 0) is 30.5 Å². The lowest BCUT2D eigenvalue weighted by atomic mass is 10.1. The van der Waals surface area contributed by atoms with Gasteiger partial charge in [0.25, 0.3) is 5.56 Å². The van der Waals surface area contributed by atoms with Crippen LogP contribution in [0.4, 0.5) is 11.5 Å². The van der Waals surface area contributed by atoms with Gasteiger partial charge in [0.15, 0.2) is 16.9 Å². The molecule has 1 aliphatic heterocycles. The van der Waals surface area contributed by atoms with E-state index in [1.165, 1.54) is 0 Å². The Hall–Kier alpha value is -3.46. The lowest BCUT2D eigenvalue weighted by molar-refractivity contribution is 0.234. The van der Waals surface area contributed by atoms with Crippen LogP contribution < -0.4 is 15.8 Å². The fraction of sp³-hybridized carbons (Fsp3) is 0.391. The van der Waals surface area contributed by atoms with Gasteiger partial charge in [0.05, 0.1) is 22.9 Å². The molecule has 5 heterocycles. The quantitative estimate of drug-likeness (QED) is 0.497. The maximum absolute atomic E-state index is 12.2. The van der Waals surface area contributed by atoms with Crippen LogP contribution in [0.5, 0.6) is 0 Å². The summed E-state index contributed by atoms with van der Waals surface area (Å²) in [6.07, 6.45) is 5.69. The molecule has 9 heteroatoms. The van der Waals surface area contributed by atoms with Crippen molar-refractivity contribution >= 4 is 33.6 Å². The van der Waals surface area contributed by atoms with Crippen LogP contribution in [0.2, 0.25) is 0 Å². The second-order valence-electron chi connectivity index (χ2n) is 8.61. The van der Waals surface area contributed by atoms with Crippen LogP contribution in [0, 0.1) is 0 Å². The Labute approximate surface area is 184 Å². The second-order valence-corrected chi connectivity index (χ2v) is 8.61. The first-order valence-corrected chi connectivity index (χ1v) is 11.1. The summed E-state index contributed by atoms with van der Waals surface area (Å²) in [7, 11) is 1.81. The molecule has 0 radical (unpaired) electrons. The molecule has 1 aliphatic carbocycles. The maximum Gasteiger partial charge on any atom is 0.251 e. The van der Waals surface area contributed by atoms with Crippen LogP contribution in [0.15, 0.2) is 39.9 Å². The molecule has 2 fully saturated rings. The summed E-state index contributed by atoms with van der Waals surface area (Å²) in [6, 6.07) is 6.99. The highest BCUT2D eigenvalue weighted by Crippen LogP contribution is 2.40. The standard InChI is InChI=1S/C23H25N7O2/c1-3-14-7-16-17(27-23(14)31)6-13(10-25-16)12-29-4-5-30(19-9-18(19)29)15-8-20-21(26-11-15)22(24-2)28-32-20/h6-8,10-11,18-19H,3-5,9,12H2,1-2H3,(H,24,28)(H,27,31)/t18-,19+/m0/s1. The van der Waals surface area contributed by atoms with Gasteiger partial charge < -0.3 is 19.7 Å². The van der Waals surface area contributed by atoms with Crippen molar-refractivity contribution < 1.29 is 4.52 Å². The van der Waals surface area contributed by atoms with E-state index in [0.29, 0.717) is 29.9 Å². The smallest absolute Gasteiger partial charge is 0.251 e. The molecule has 4 aromatic heterocycles. The zero-order chi connectivity index (χ0) is 21.8. The van der Waals surface area contributed by atoms with Gasteiger partial charge in [-0.1, -0.05) is 12.1 Å².